The Morgan fingerprint density at radius 2 is 2.08 bits per heavy atom. The van der Waals surface area contributed by atoms with Crippen LogP contribution in [0.4, 0.5) is 13.2 Å². The number of amides is 1. The topological polar surface area (TPSA) is 95.1 Å². The maximum absolute atomic E-state index is 12.2. The molecule has 0 fully saturated rings. The summed E-state index contributed by atoms with van der Waals surface area (Å²) in [6, 6.07) is 7.01. The number of nitrogen functional groups attached to an aromatic ring is 1. The van der Waals surface area contributed by atoms with Gasteiger partial charge in [0.15, 0.2) is 5.82 Å². The van der Waals surface area contributed by atoms with Crippen LogP contribution in [0.3, 0.4) is 0 Å². The van der Waals surface area contributed by atoms with Crippen molar-refractivity contribution in [3.8, 4) is 17.1 Å². The number of nitrogens with two attached hydrogens (primary N) is 1. The van der Waals surface area contributed by atoms with E-state index in [-0.39, 0.29) is 5.16 Å². The Labute approximate surface area is 145 Å². The third-order valence-electron chi connectivity index (χ3n) is 3.13. The van der Waals surface area contributed by atoms with Gasteiger partial charge in [-0.3, -0.25) is 4.79 Å². The minimum atomic E-state index is -4.47. The van der Waals surface area contributed by atoms with Gasteiger partial charge in [0.1, 0.15) is 12.3 Å². The van der Waals surface area contributed by atoms with Crippen molar-refractivity contribution in [3.05, 3.63) is 24.3 Å². The highest BCUT2D eigenvalue weighted by Gasteiger charge is 2.29. The highest BCUT2D eigenvalue weighted by molar-refractivity contribution is 8.00. The number of halogens is 3. The van der Waals surface area contributed by atoms with Gasteiger partial charge >= 0.3 is 6.18 Å². The van der Waals surface area contributed by atoms with Gasteiger partial charge in [-0.1, -0.05) is 23.9 Å². The van der Waals surface area contributed by atoms with E-state index in [4.69, 9.17) is 10.6 Å². The SMILES string of the molecule is COc1ccccc1-c1nnc(SC(C)C(=O)NCC(F)(F)F)n1N. The number of thioether (sulfide) groups is 1. The molecule has 2 aromatic rings. The van der Waals surface area contributed by atoms with Crippen LogP contribution in [0.2, 0.25) is 0 Å². The summed E-state index contributed by atoms with van der Waals surface area (Å²) in [5.41, 5.74) is 0.598. The van der Waals surface area contributed by atoms with Crippen molar-refractivity contribution in [3.63, 3.8) is 0 Å². The van der Waals surface area contributed by atoms with Crippen molar-refractivity contribution in [1.82, 2.24) is 20.2 Å². The van der Waals surface area contributed by atoms with Crippen molar-refractivity contribution in [2.24, 2.45) is 0 Å². The van der Waals surface area contributed by atoms with Gasteiger partial charge in [0.05, 0.1) is 17.9 Å². The molecule has 136 valence electrons. The molecule has 0 bridgehead atoms. The second-order valence-corrected chi connectivity index (χ2v) is 6.28. The first kappa shape index (κ1) is 18.9. The molecule has 1 aromatic carbocycles. The second-order valence-electron chi connectivity index (χ2n) is 4.97. The summed E-state index contributed by atoms with van der Waals surface area (Å²) in [5.74, 6) is 6.02. The molecule has 11 heteroatoms. The van der Waals surface area contributed by atoms with E-state index in [0.717, 1.165) is 16.4 Å². The van der Waals surface area contributed by atoms with E-state index >= 15 is 0 Å². The van der Waals surface area contributed by atoms with E-state index < -0.39 is 23.9 Å². The molecule has 1 atom stereocenters. The first-order chi connectivity index (χ1) is 11.7. The summed E-state index contributed by atoms with van der Waals surface area (Å²) >= 11 is 0.902. The zero-order valence-electron chi connectivity index (χ0n) is 13.4. The molecule has 0 saturated carbocycles. The number of aromatic nitrogens is 3. The molecule has 1 heterocycles. The first-order valence-corrected chi connectivity index (χ1v) is 7.96. The van der Waals surface area contributed by atoms with Gasteiger partial charge in [0.25, 0.3) is 0 Å². The molecule has 3 N–H and O–H groups in total. The Bertz CT molecular complexity index is 750. The largest absolute Gasteiger partial charge is 0.496 e. The smallest absolute Gasteiger partial charge is 0.405 e. The Morgan fingerprint density at radius 1 is 1.40 bits per heavy atom. The van der Waals surface area contributed by atoms with E-state index in [2.05, 4.69) is 10.2 Å². The van der Waals surface area contributed by atoms with E-state index in [9.17, 15) is 18.0 Å². The van der Waals surface area contributed by atoms with E-state index in [1.807, 2.05) is 5.32 Å². The normalized spacial score (nSPS) is 12.7. The molecule has 2 rings (SSSR count). The summed E-state index contributed by atoms with van der Waals surface area (Å²) in [7, 11) is 1.50. The van der Waals surface area contributed by atoms with Gasteiger partial charge in [-0.05, 0) is 19.1 Å². The van der Waals surface area contributed by atoms with Gasteiger partial charge in [-0.15, -0.1) is 10.2 Å². The molecule has 0 spiro atoms. The fraction of sp³-hybridized carbons (Fsp3) is 0.357. The highest BCUT2D eigenvalue weighted by atomic mass is 32.2. The number of ether oxygens (including phenoxy) is 1. The summed E-state index contributed by atoms with van der Waals surface area (Å²) < 4.78 is 42.9. The average molecular weight is 375 g/mol. The summed E-state index contributed by atoms with van der Waals surface area (Å²) in [6.07, 6.45) is -4.47. The predicted octanol–water partition coefficient (Wildman–Crippen LogP) is 1.83. The van der Waals surface area contributed by atoms with Gasteiger partial charge in [-0.25, -0.2) is 4.68 Å². The third kappa shape index (κ3) is 4.78. The van der Waals surface area contributed by atoms with Crippen molar-refractivity contribution < 1.29 is 22.7 Å². The fourth-order valence-electron chi connectivity index (χ4n) is 1.91. The van der Waals surface area contributed by atoms with Crippen molar-refractivity contribution in [1.29, 1.82) is 0 Å². The lowest BCUT2D eigenvalue weighted by Crippen LogP contribution is -2.38. The molecule has 1 aromatic heterocycles. The quantitative estimate of drug-likeness (QED) is 0.591. The number of benzene rings is 1. The second kappa shape index (κ2) is 7.64. The molecule has 1 unspecified atom stereocenters. The maximum atomic E-state index is 12.2. The summed E-state index contributed by atoms with van der Waals surface area (Å²) in [5, 5.41) is 9.03. The molecular formula is C14H16F3N5O2S. The van der Waals surface area contributed by atoms with Crippen LogP contribution in [0, 0.1) is 0 Å². The van der Waals surface area contributed by atoms with Gasteiger partial charge in [0.2, 0.25) is 11.1 Å². The van der Waals surface area contributed by atoms with E-state index in [1.54, 1.807) is 24.3 Å². The van der Waals surface area contributed by atoms with Crippen LogP contribution in [-0.2, 0) is 4.79 Å². The zero-order valence-corrected chi connectivity index (χ0v) is 14.2. The molecule has 0 saturated heterocycles. The molecule has 0 radical (unpaired) electrons. The van der Waals surface area contributed by atoms with Crippen molar-refractivity contribution in [2.75, 3.05) is 19.5 Å². The van der Waals surface area contributed by atoms with Crippen LogP contribution in [0.15, 0.2) is 29.4 Å². The Kier molecular flexibility index (Phi) is 5.77. The van der Waals surface area contributed by atoms with Crippen LogP contribution in [0.25, 0.3) is 11.4 Å². The number of hydrogen-bond donors (Lipinski definition) is 2. The number of para-hydroxylation sites is 1. The molecule has 0 aliphatic heterocycles. The number of hydrogen-bond acceptors (Lipinski definition) is 6. The number of carbonyl (C=O) groups excluding carboxylic acids is 1. The molecule has 7 nitrogen and oxygen atoms in total. The first-order valence-electron chi connectivity index (χ1n) is 7.08. The number of alkyl halides is 3. The standard InChI is InChI=1S/C14H16F3N5O2S/c1-8(12(23)19-7-14(15,16)17)25-13-21-20-11(22(13)18)9-5-3-4-6-10(9)24-2/h3-6,8H,7,18H2,1-2H3,(H,19,23). The van der Waals surface area contributed by atoms with Crippen LogP contribution in [0.5, 0.6) is 5.75 Å². The Balaban J connectivity index is 2.12. The maximum Gasteiger partial charge on any atom is 0.405 e. The molecule has 0 aliphatic carbocycles. The number of nitrogens with one attached hydrogen (secondary N) is 1. The van der Waals surface area contributed by atoms with Gasteiger partial charge < -0.3 is 15.9 Å². The minimum Gasteiger partial charge on any atom is -0.496 e. The lowest BCUT2D eigenvalue weighted by atomic mass is 10.2. The number of nitrogens with zero attached hydrogens (tertiary/aromatic N) is 3. The summed E-state index contributed by atoms with van der Waals surface area (Å²) in [6.45, 7) is 0.0618. The number of rotatable bonds is 6. The van der Waals surface area contributed by atoms with Crippen LogP contribution in [0.1, 0.15) is 6.92 Å². The van der Waals surface area contributed by atoms with Crippen molar-refractivity contribution in [2.45, 2.75) is 23.5 Å². The highest BCUT2D eigenvalue weighted by Crippen LogP contribution is 2.30. The number of carbonyl (C=O) groups is 1. The minimum absolute atomic E-state index is 0.190. The van der Waals surface area contributed by atoms with Crippen LogP contribution in [-0.4, -0.2) is 45.9 Å². The molecule has 1 amide bonds. The fourth-order valence-corrected chi connectivity index (χ4v) is 2.71. The third-order valence-corrected chi connectivity index (χ3v) is 4.18. The summed E-state index contributed by atoms with van der Waals surface area (Å²) in [4.78, 5) is 11.7. The molecule has 25 heavy (non-hydrogen) atoms. The Morgan fingerprint density at radius 3 is 2.72 bits per heavy atom. The lowest BCUT2D eigenvalue weighted by Gasteiger charge is -2.13. The molecular weight excluding hydrogens is 359 g/mol. The number of methoxy groups -OCH3 is 1. The Hall–Kier alpha value is -2.43. The zero-order chi connectivity index (χ0) is 18.6. The average Bonchev–Trinajstić information content (AvgIpc) is 2.92. The lowest BCUT2D eigenvalue weighted by molar-refractivity contribution is -0.137. The van der Waals surface area contributed by atoms with E-state index in [1.165, 1.54) is 14.0 Å². The predicted molar refractivity (Wildman–Crippen MR) is 86.5 cm³/mol. The van der Waals surface area contributed by atoms with Gasteiger partial charge in [0, 0.05) is 0 Å². The molecule has 0 aliphatic rings. The van der Waals surface area contributed by atoms with Crippen LogP contribution >= 0.6 is 11.8 Å². The van der Waals surface area contributed by atoms with E-state index in [0.29, 0.717) is 17.1 Å². The van der Waals surface area contributed by atoms with Crippen LogP contribution < -0.4 is 15.9 Å². The monoisotopic (exact) mass is 375 g/mol. The van der Waals surface area contributed by atoms with Gasteiger partial charge in [-0.2, -0.15) is 13.2 Å². The van der Waals surface area contributed by atoms with Crippen molar-refractivity contribution >= 4 is 17.7 Å².